The van der Waals surface area contributed by atoms with E-state index in [0.29, 0.717) is 23.2 Å². The molecular weight excluding hydrogens is 390 g/mol. The van der Waals surface area contributed by atoms with Crippen LogP contribution >= 0.6 is 11.6 Å². The van der Waals surface area contributed by atoms with Crippen molar-refractivity contribution < 1.29 is 14.3 Å². The first kappa shape index (κ1) is 20.3. The normalized spacial score (nSPS) is 20.0. The third-order valence-corrected chi connectivity index (χ3v) is 5.80. The summed E-state index contributed by atoms with van der Waals surface area (Å²) in [6.45, 7) is 3.21. The molecule has 0 radical (unpaired) electrons. The van der Waals surface area contributed by atoms with Crippen LogP contribution in [0.1, 0.15) is 31.4 Å². The van der Waals surface area contributed by atoms with Crippen LogP contribution in [0.4, 0.5) is 5.82 Å². The number of Topliss-reactive ketones (excluding diaryl/α,β-unsaturated/α-hetero) is 1. The second-order valence-corrected chi connectivity index (χ2v) is 8.05. The summed E-state index contributed by atoms with van der Waals surface area (Å²) in [4.78, 5) is 21.5. The SMILES string of the molecule is O=C(Cc1cc(-c2cccc(NCC3CCOCC3)n2)c(Cl)cn1)[C@H]1CCCO1. The maximum absolute atomic E-state index is 12.4. The average Bonchev–Trinajstić information content (AvgIpc) is 3.30. The van der Waals surface area contributed by atoms with E-state index in [0.717, 1.165) is 62.5 Å². The first-order chi connectivity index (χ1) is 14.2. The van der Waals surface area contributed by atoms with Crippen LogP contribution in [0.15, 0.2) is 30.5 Å². The van der Waals surface area contributed by atoms with Crippen LogP contribution in [0.25, 0.3) is 11.3 Å². The molecule has 4 heterocycles. The summed E-state index contributed by atoms with van der Waals surface area (Å²) in [5.41, 5.74) is 2.24. The zero-order valence-electron chi connectivity index (χ0n) is 16.4. The van der Waals surface area contributed by atoms with Gasteiger partial charge in [0.05, 0.1) is 17.1 Å². The smallest absolute Gasteiger partial charge is 0.167 e. The number of ketones is 1. The fourth-order valence-electron chi connectivity index (χ4n) is 3.78. The molecule has 2 aromatic heterocycles. The predicted molar refractivity (Wildman–Crippen MR) is 112 cm³/mol. The average molecular weight is 416 g/mol. The van der Waals surface area contributed by atoms with Crippen molar-refractivity contribution in [3.8, 4) is 11.3 Å². The molecule has 29 heavy (non-hydrogen) atoms. The van der Waals surface area contributed by atoms with Crippen molar-refractivity contribution in [1.29, 1.82) is 0 Å². The highest BCUT2D eigenvalue weighted by Crippen LogP contribution is 2.28. The lowest BCUT2D eigenvalue weighted by Crippen LogP contribution is -2.22. The standard InChI is InChI=1S/C22H26ClN3O3/c23-18-14-24-16(12-20(27)21-4-2-8-29-21)11-17(18)19-3-1-5-22(26-19)25-13-15-6-9-28-10-7-15/h1,3,5,11,14-15,21H,2,4,6-10,12-13H2,(H,25,26)/t21-/m1/s1. The Balaban J connectivity index is 1.46. The van der Waals surface area contributed by atoms with Gasteiger partial charge in [0.25, 0.3) is 0 Å². The summed E-state index contributed by atoms with van der Waals surface area (Å²) in [7, 11) is 0. The molecule has 1 N–H and O–H groups in total. The van der Waals surface area contributed by atoms with Crippen molar-refractivity contribution in [2.75, 3.05) is 31.7 Å². The number of aromatic nitrogens is 2. The van der Waals surface area contributed by atoms with Crippen LogP contribution in [0, 0.1) is 5.92 Å². The largest absolute Gasteiger partial charge is 0.381 e. The van der Waals surface area contributed by atoms with Crippen LogP contribution < -0.4 is 5.32 Å². The predicted octanol–water partition coefficient (Wildman–Crippen LogP) is 3.93. The highest BCUT2D eigenvalue weighted by molar-refractivity contribution is 6.33. The number of rotatable bonds is 7. The van der Waals surface area contributed by atoms with Crippen molar-refractivity contribution in [3.63, 3.8) is 0 Å². The Kier molecular flexibility index (Phi) is 6.74. The molecule has 0 aliphatic carbocycles. The molecular formula is C22H26ClN3O3. The third-order valence-electron chi connectivity index (χ3n) is 5.49. The number of nitrogens with one attached hydrogen (secondary N) is 1. The number of hydrogen-bond donors (Lipinski definition) is 1. The quantitative estimate of drug-likeness (QED) is 0.738. The zero-order valence-corrected chi connectivity index (χ0v) is 17.2. The lowest BCUT2D eigenvalue weighted by Gasteiger charge is -2.22. The molecule has 2 saturated heterocycles. The van der Waals surface area contributed by atoms with Gasteiger partial charge in [-0.25, -0.2) is 4.98 Å². The summed E-state index contributed by atoms with van der Waals surface area (Å²) in [6, 6.07) is 7.70. The van der Waals surface area contributed by atoms with Gasteiger partial charge in [0.1, 0.15) is 11.9 Å². The molecule has 154 valence electrons. The minimum absolute atomic E-state index is 0.0723. The Labute approximate surface area is 176 Å². The Hall–Kier alpha value is -2.02. The van der Waals surface area contributed by atoms with Gasteiger partial charge in [-0.3, -0.25) is 9.78 Å². The Bertz CT molecular complexity index is 849. The van der Waals surface area contributed by atoms with Crippen LogP contribution in [0.5, 0.6) is 0 Å². The van der Waals surface area contributed by atoms with Gasteiger partial charge in [-0.1, -0.05) is 17.7 Å². The van der Waals surface area contributed by atoms with Crippen LogP contribution in [0.3, 0.4) is 0 Å². The number of hydrogen-bond acceptors (Lipinski definition) is 6. The summed E-state index contributed by atoms with van der Waals surface area (Å²) >= 11 is 6.40. The number of carbonyl (C=O) groups is 1. The van der Waals surface area contributed by atoms with Gasteiger partial charge in [0, 0.05) is 43.8 Å². The summed E-state index contributed by atoms with van der Waals surface area (Å²) in [5, 5.41) is 3.95. The van der Waals surface area contributed by atoms with Crippen LogP contribution in [-0.2, 0) is 20.7 Å². The van der Waals surface area contributed by atoms with Crippen molar-refractivity contribution in [2.24, 2.45) is 5.92 Å². The maximum Gasteiger partial charge on any atom is 0.167 e. The van der Waals surface area contributed by atoms with Gasteiger partial charge in [0.2, 0.25) is 0 Å². The number of ether oxygens (including phenoxy) is 2. The number of nitrogens with zero attached hydrogens (tertiary/aromatic N) is 2. The molecule has 2 aliphatic heterocycles. The first-order valence-electron chi connectivity index (χ1n) is 10.3. The van der Waals surface area contributed by atoms with Gasteiger partial charge >= 0.3 is 0 Å². The van der Waals surface area contributed by atoms with E-state index in [4.69, 9.17) is 26.1 Å². The zero-order chi connectivity index (χ0) is 20.1. The first-order valence-corrected chi connectivity index (χ1v) is 10.6. The van der Waals surface area contributed by atoms with E-state index in [9.17, 15) is 4.79 Å². The van der Waals surface area contributed by atoms with Gasteiger partial charge in [-0.2, -0.15) is 0 Å². The third kappa shape index (κ3) is 5.32. The van der Waals surface area contributed by atoms with Crippen LogP contribution in [-0.4, -0.2) is 48.2 Å². The molecule has 4 rings (SSSR count). The van der Waals surface area contributed by atoms with Gasteiger partial charge in [-0.15, -0.1) is 0 Å². The van der Waals surface area contributed by atoms with Crippen molar-refractivity contribution in [3.05, 3.63) is 41.2 Å². The molecule has 6 nitrogen and oxygen atoms in total. The van der Waals surface area contributed by atoms with Gasteiger partial charge in [0.15, 0.2) is 5.78 Å². The van der Waals surface area contributed by atoms with E-state index in [1.54, 1.807) is 6.20 Å². The molecule has 0 bridgehead atoms. The minimum atomic E-state index is -0.299. The highest BCUT2D eigenvalue weighted by Gasteiger charge is 2.24. The maximum atomic E-state index is 12.4. The van der Waals surface area contributed by atoms with Crippen molar-refractivity contribution in [2.45, 2.75) is 38.2 Å². The number of pyridine rings is 2. The molecule has 0 unspecified atom stereocenters. The van der Waals surface area contributed by atoms with E-state index in [1.807, 2.05) is 24.3 Å². The summed E-state index contributed by atoms with van der Waals surface area (Å²) in [5.74, 6) is 1.50. The Morgan fingerprint density at radius 3 is 2.86 bits per heavy atom. The summed E-state index contributed by atoms with van der Waals surface area (Å²) < 4.78 is 10.9. The minimum Gasteiger partial charge on any atom is -0.381 e. The van der Waals surface area contributed by atoms with Crippen molar-refractivity contribution >= 4 is 23.2 Å². The van der Waals surface area contributed by atoms with Crippen LogP contribution in [0.2, 0.25) is 5.02 Å². The number of carbonyl (C=O) groups excluding carboxylic acids is 1. The number of halogens is 1. The topological polar surface area (TPSA) is 73.3 Å². The lowest BCUT2D eigenvalue weighted by atomic mass is 10.0. The molecule has 0 saturated carbocycles. The molecule has 2 aromatic rings. The van der Waals surface area contributed by atoms with Crippen molar-refractivity contribution in [1.82, 2.24) is 9.97 Å². The van der Waals surface area contributed by atoms with E-state index < -0.39 is 0 Å². The van der Waals surface area contributed by atoms with E-state index in [-0.39, 0.29) is 18.3 Å². The lowest BCUT2D eigenvalue weighted by molar-refractivity contribution is -0.127. The molecule has 7 heteroatoms. The molecule has 1 atom stereocenters. The fourth-order valence-corrected chi connectivity index (χ4v) is 3.98. The second kappa shape index (κ2) is 9.65. The van der Waals surface area contributed by atoms with E-state index >= 15 is 0 Å². The highest BCUT2D eigenvalue weighted by atomic mass is 35.5. The fraction of sp³-hybridized carbons (Fsp3) is 0.500. The molecule has 0 spiro atoms. The Morgan fingerprint density at radius 2 is 2.07 bits per heavy atom. The molecule has 2 aliphatic rings. The molecule has 2 fully saturated rings. The summed E-state index contributed by atoms with van der Waals surface area (Å²) in [6.07, 6.45) is 5.42. The monoisotopic (exact) mass is 415 g/mol. The second-order valence-electron chi connectivity index (χ2n) is 7.64. The molecule has 0 amide bonds. The number of anilines is 1. The van der Waals surface area contributed by atoms with E-state index in [2.05, 4.69) is 10.3 Å². The van der Waals surface area contributed by atoms with Gasteiger partial charge in [-0.05, 0) is 49.8 Å². The van der Waals surface area contributed by atoms with Gasteiger partial charge < -0.3 is 14.8 Å². The van der Waals surface area contributed by atoms with E-state index in [1.165, 1.54) is 0 Å². The molecule has 0 aromatic carbocycles. The Morgan fingerprint density at radius 1 is 1.21 bits per heavy atom.